The predicted octanol–water partition coefficient (Wildman–Crippen LogP) is 3.28. The van der Waals surface area contributed by atoms with Crippen molar-refractivity contribution < 1.29 is 18.0 Å². The number of rotatable bonds is 5. The summed E-state index contributed by atoms with van der Waals surface area (Å²) in [5.74, 6) is 0.278. The molecule has 1 aliphatic heterocycles. The summed E-state index contributed by atoms with van der Waals surface area (Å²) in [7, 11) is 0. The zero-order chi connectivity index (χ0) is 16.3. The van der Waals surface area contributed by atoms with Gasteiger partial charge in [0.15, 0.2) is 0 Å². The van der Waals surface area contributed by atoms with Gasteiger partial charge in [-0.25, -0.2) is 0 Å². The monoisotopic (exact) mass is 332 g/mol. The Morgan fingerprint density at radius 3 is 2.77 bits per heavy atom. The number of hydrogen-bond acceptors (Lipinski definition) is 3. The standard InChI is InChI=1S/C15H19F3N2OS/c1-10(2)19-6-7-20-13(21)9-22-14(20)11-4-3-5-12(8-11)15(16,17)18/h3-5,8,10,14,19H,6-7,9H2,1-2H3. The van der Waals surface area contributed by atoms with Crippen molar-refractivity contribution in [2.45, 2.75) is 31.4 Å². The number of carbonyl (C=O) groups excluding carboxylic acids is 1. The van der Waals surface area contributed by atoms with Crippen LogP contribution in [0.25, 0.3) is 0 Å². The van der Waals surface area contributed by atoms with Gasteiger partial charge in [0.05, 0.1) is 11.3 Å². The van der Waals surface area contributed by atoms with E-state index in [4.69, 9.17) is 0 Å². The van der Waals surface area contributed by atoms with Crippen molar-refractivity contribution in [1.29, 1.82) is 0 Å². The van der Waals surface area contributed by atoms with Gasteiger partial charge in [0.25, 0.3) is 0 Å². The summed E-state index contributed by atoms with van der Waals surface area (Å²) in [6.45, 7) is 5.13. The van der Waals surface area contributed by atoms with Crippen molar-refractivity contribution in [1.82, 2.24) is 10.2 Å². The molecule has 0 aromatic heterocycles. The van der Waals surface area contributed by atoms with Gasteiger partial charge in [-0.1, -0.05) is 26.0 Å². The van der Waals surface area contributed by atoms with E-state index in [2.05, 4.69) is 5.32 Å². The molecule has 1 amide bonds. The van der Waals surface area contributed by atoms with Crippen LogP contribution in [0.5, 0.6) is 0 Å². The summed E-state index contributed by atoms with van der Waals surface area (Å²) in [6, 6.07) is 5.53. The first kappa shape index (κ1) is 17.1. The minimum absolute atomic E-state index is 0.0297. The van der Waals surface area contributed by atoms with Crippen LogP contribution in [0.15, 0.2) is 24.3 Å². The Balaban J connectivity index is 2.14. The fourth-order valence-corrected chi connectivity index (χ4v) is 3.52. The largest absolute Gasteiger partial charge is 0.416 e. The Morgan fingerprint density at radius 2 is 2.14 bits per heavy atom. The number of hydrogen-bond donors (Lipinski definition) is 1. The van der Waals surface area contributed by atoms with E-state index in [0.717, 1.165) is 12.1 Å². The summed E-state index contributed by atoms with van der Waals surface area (Å²) in [5.41, 5.74) is -0.152. The Morgan fingerprint density at radius 1 is 1.41 bits per heavy atom. The molecule has 0 aliphatic carbocycles. The molecule has 1 aromatic carbocycles. The van der Waals surface area contributed by atoms with Gasteiger partial charge in [-0.05, 0) is 17.7 Å². The number of carbonyl (C=O) groups is 1. The highest BCUT2D eigenvalue weighted by Gasteiger charge is 2.35. The third-order valence-corrected chi connectivity index (χ3v) is 4.63. The van der Waals surface area contributed by atoms with Gasteiger partial charge in [0.2, 0.25) is 5.91 Å². The van der Waals surface area contributed by atoms with Gasteiger partial charge in [-0.2, -0.15) is 13.2 Å². The van der Waals surface area contributed by atoms with E-state index in [1.54, 1.807) is 11.0 Å². The van der Waals surface area contributed by atoms with Crippen LogP contribution in [0.1, 0.15) is 30.3 Å². The van der Waals surface area contributed by atoms with Crippen LogP contribution < -0.4 is 5.32 Å². The summed E-state index contributed by atoms with van der Waals surface area (Å²) < 4.78 is 38.5. The van der Waals surface area contributed by atoms with Gasteiger partial charge in [-0.15, -0.1) is 11.8 Å². The van der Waals surface area contributed by atoms with E-state index < -0.39 is 11.7 Å². The molecular formula is C15H19F3N2OS. The van der Waals surface area contributed by atoms with E-state index in [0.29, 0.717) is 30.4 Å². The Labute approximate surface area is 132 Å². The summed E-state index contributed by atoms with van der Waals surface area (Å²) in [4.78, 5) is 13.6. The lowest BCUT2D eigenvalue weighted by molar-refractivity contribution is -0.137. The number of amides is 1. The van der Waals surface area contributed by atoms with Crippen LogP contribution >= 0.6 is 11.8 Å². The summed E-state index contributed by atoms with van der Waals surface area (Å²) >= 11 is 1.37. The van der Waals surface area contributed by atoms with E-state index in [9.17, 15) is 18.0 Å². The molecule has 0 radical (unpaired) electrons. The highest BCUT2D eigenvalue weighted by atomic mass is 32.2. The average Bonchev–Trinajstić information content (AvgIpc) is 2.79. The minimum atomic E-state index is -4.37. The van der Waals surface area contributed by atoms with Crippen molar-refractivity contribution in [3.05, 3.63) is 35.4 Å². The normalized spacial score (nSPS) is 19.3. The first-order valence-electron chi connectivity index (χ1n) is 7.10. The third-order valence-electron chi connectivity index (χ3n) is 3.37. The maximum atomic E-state index is 12.8. The zero-order valence-corrected chi connectivity index (χ0v) is 13.3. The molecule has 1 unspecified atom stereocenters. The predicted molar refractivity (Wildman–Crippen MR) is 81.5 cm³/mol. The molecule has 1 saturated heterocycles. The molecule has 7 heteroatoms. The van der Waals surface area contributed by atoms with Crippen molar-refractivity contribution in [2.24, 2.45) is 0 Å². The fourth-order valence-electron chi connectivity index (χ4n) is 2.31. The van der Waals surface area contributed by atoms with Crippen LogP contribution in [0.3, 0.4) is 0 Å². The fraction of sp³-hybridized carbons (Fsp3) is 0.533. The van der Waals surface area contributed by atoms with E-state index in [1.165, 1.54) is 17.8 Å². The lowest BCUT2D eigenvalue weighted by Crippen LogP contribution is -2.37. The second-order valence-corrected chi connectivity index (χ2v) is 6.55. The van der Waals surface area contributed by atoms with Crippen LogP contribution in [0.2, 0.25) is 0 Å². The zero-order valence-electron chi connectivity index (χ0n) is 12.5. The molecule has 0 bridgehead atoms. The Bertz CT molecular complexity index is 534. The number of alkyl halides is 3. The average molecular weight is 332 g/mol. The first-order chi connectivity index (χ1) is 10.3. The minimum Gasteiger partial charge on any atom is -0.325 e. The van der Waals surface area contributed by atoms with Crippen LogP contribution in [-0.2, 0) is 11.0 Å². The maximum Gasteiger partial charge on any atom is 0.416 e. The van der Waals surface area contributed by atoms with Crippen molar-refractivity contribution in [2.75, 3.05) is 18.8 Å². The van der Waals surface area contributed by atoms with Gasteiger partial charge in [0, 0.05) is 19.1 Å². The molecule has 0 spiro atoms. The van der Waals surface area contributed by atoms with E-state index >= 15 is 0 Å². The smallest absolute Gasteiger partial charge is 0.325 e. The van der Waals surface area contributed by atoms with Gasteiger partial charge in [0.1, 0.15) is 5.37 Å². The number of nitrogens with one attached hydrogen (secondary N) is 1. The molecule has 2 rings (SSSR count). The van der Waals surface area contributed by atoms with Crippen LogP contribution in [0, 0.1) is 0 Å². The van der Waals surface area contributed by atoms with Crippen molar-refractivity contribution in [3.63, 3.8) is 0 Å². The Hall–Kier alpha value is -1.21. The molecule has 1 N–H and O–H groups in total. The van der Waals surface area contributed by atoms with Gasteiger partial charge >= 0.3 is 6.18 Å². The van der Waals surface area contributed by atoms with Gasteiger partial charge < -0.3 is 10.2 Å². The maximum absolute atomic E-state index is 12.8. The first-order valence-corrected chi connectivity index (χ1v) is 8.15. The number of nitrogens with zero attached hydrogens (tertiary/aromatic N) is 1. The molecular weight excluding hydrogens is 313 g/mol. The SMILES string of the molecule is CC(C)NCCN1C(=O)CSC1c1cccc(C(F)(F)F)c1. The molecule has 1 fully saturated rings. The molecule has 0 saturated carbocycles. The van der Waals surface area contributed by atoms with E-state index in [-0.39, 0.29) is 11.3 Å². The van der Waals surface area contributed by atoms with Crippen LogP contribution in [0.4, 0.5) is 13.2 Å². The Kier molecular flexibility index (Phi) is 5.39. The molecule has 122 valence electrons. The lowest BCUT2D eigenvalue weighted by Gasteiger charge is -2.25. The summed E-state index contributed by atoms with van der Waals surface area (Å²) in [6.07, 6.45) is -4.37. The molecule has 3 nitrogen and oxygen atoms in total. The highest BCUT2D eigenvalue weighted by Crippen LogP contribution is 2.40. The molecule has 1 aromatic rings. The second kappa shape index (κ2) is 6.91. The summed E-state index contributed by atoms with van der Waals surface area (Å²) in [5, 5.41) is 2.87. The van der Waals surface area contributed by atoms with Crippen molar-refractivity contribution in [3.8, 4) is 0 Å². The van der Waals surface area contributed by atoms with Gasteiger partial charge in [-0.3, -0.25) is 4.79 Å². The van der Waals surface area contributed by atoms with Crippen molar-refractivity contribution >= 4 is 17.7 Å². The molecule has 1 heterocycles. The highest BCUT2D eigenvalue weighted by molar-refractivity contribution is 8.00. The number of thioether (sulfide) groups is 1. The quantitative estimate of drug-likeness (QED) is 0.898. The van der Waals surface area contributed by atoms with Crippen LogP contribution in [-0.4, -0.2) is 35.7 Å². The molecule has 1 atom stereocenters. The lowest BCUT2D eigenvalue weighted by atomic mass is 10.1. The number of halogens is 3. The molecule has 22 heavy (non-hydrogen) atoms. The van der Waals surface area contributed by atoms with E-state index in [1.807, 2.05) is 13.8 Å². The topological polar surface area (TPSA) is 32.3 Å². The number of benzene rings is 1. The molecule has 1 aliphatic rings. The second-order valence-electron chi connectivity index (χ2n) is 5.48. The third kappa shape index (κ3) is 4.16.